The number of amides is 2. The van der Waals surface area contributed by atoms with E-state index in [9.17, 15) is 9.59 Å². The Bertz CT molecular complexity index is 949. The minimum absolute atomic E-state index is 0.0944. The second kappa shape index (κ2) is 9.62. The highest BCUT2D eigenvalue weighted by Gasteiger charge is 2.15. The van der Waals surface area contributed by atoms with E-state index in [4.69, 9.17) is 4.42 Å². The van der Waals surface area contributed by atoms with Crippen LogP contribution >= 0.6 is 11.8 Å². The zero-order valence-electron chi connectivity index (χ0n) is 15.3. The molecular weight excluding hydrogens is 372 g/mol. The summed E-state index contributed by atoms with van der Waals surface area (Å²) in [6.45, 7) is 0. The Balaban J connectivity index is 1.78. The van der Waals surface area contributed by atoms with E-state index in [1.54, 1.807) is 48.2 Å². The van der Waals surface area contributed by atoms with Crippen LogP contribution in [0.1, 0.15) is 21.7 Å². The molecule has 3 rings (SSSR count). The van der Waals surface area contributed by atoms with Gasteiger partial charge in [-0.25, -0.2) is 0 Å². The standard InChI is InChI=1S/C22H20N2O3S/c1-28-15-16-9-11-18(12-10-16)23-22(26)20(14-19-8-5-13-27-19)24-21(25)17-6-3-2-4-7-17/h2-14H,15H2,1H3,(H,23,26)(H,24,25)/b20-14-. The number of thioether (sulfide) groups is 1. The molecule has 0 atom stereocenters. The number of hydrogen-bond donors (Lipinski definition) is 2. The van der Waals surface area contributed by atoms with E-state index in [2.05, 4.69) is 10.6 Å². The minimum Gasteiger partial charge on any atom is -0.465 e. The Kier molecular flexibility index (Phi) is 6.70. The van der Waals surface area contributed by atoms with Crippen molar-refractivity contribution >= 4 is 35.3 Å². The number of carbonyl (C=O) groups excluding carboxylic acids is 2. The third kappa shape index (κ3) is 5.37. The predicted octanol–water partition coefficient (Wildman–Crippen LogP) is 4.55. The molecule has 1 aromatic heterocycles. The molecule has 0 radical (unpaired) electrons. The van der Waals surface area contributed by atoms with Gasteiger partial charge in [0, 0.05) is 23.1 Å². The van der Waals surface area contributed by atoms with Crippen LogP contribution in [0.5, 0.6) is 0 Å². The smallest absolute Gasteiger partial charge is 0.272 e. The van der Waals surface area contributed by atoms with Crippen LogP contribution in [0.2, 0.25) is 0 Å². The van der Waals surface area contributed by atoms with E-state index in [0.29, 0.717) is 17.0 Å². The lowest BCUT2D eigenvalue weighted by atomic mass is 10.2. The maximum Gasteiger partial charge on any atom is 0.272 e. The first-order valence-electron chi connectivity index (χ1n) is 8.66. The number of rotatable bonds is 7. The van der Waals surface area contributed by atoms with E-state index in [1.807, 2.05) is 36.6 Å². The Morgan fingerprint density at radius 1 is 1.00 bits per heavy atom. The number of furan rings is 1. The summed E-state index contributed by atoms with van der Waals surface area (Å²) in [4.78, 5) is 25.3. The van der Waals surface area contributed by atoms with Gasteiger partial charge in [-0.15, -0.1) is 0 Å². The van der Waals surface area contributed by atoms with Gasteiger partial charge in [-0.1, -0.05) is 30.3 Å². The maximum absolute atomic E-state index is 12.8. The maximum atomic E-state index is 12.8. The first-order valence-corrected chi connectivity index (χ1v) is 10.1. The molecule has 0 aliphatic rings. The molecule has 2 aromatic carbocycles. The highest BCUT2D eigenvalue weighted by Crippen LogP contribution is 2.15. The summed E-state index contributed by atoms with van der Waals surface area (Å²) in [5.74, 6) is 0.571. The van der Waals surface area contributed by atoms with E-state index < -0.39 is 5.91 Å². The molecule has 2 N–H and O–H groups in total. The van der Waals surface area contributed by atoms with Crippen molar-refractivity contribution in [2.24, 2.45) is 0 Å². The second-order valence-electron chi connectivity index (χ2n) is 5.98. The van der Waals surface area contributed by atoms with Gasteiger partial charge in [-0.05, 0) is 48.2 Å². The van der Waals surface area contributed by atoms with Gasteiger partial charge in [0.25, 0.3) is 11.8 Å². The van der Waals surface area contributed by atoms with E-state index >= 15 is 0 Å². The number of hydrogen-bond acceptors (Lipinski definition) is 4. The second-order valence-corrected chi connectivity index (χ2v) is 6.84. The van der Waals surface area contributed by atoms with Crippen molar-refractivity contribution in [2.75, 3.05) is 11.6 Å². The van der Waals surface area contributed by atoms with E-state index in [1.165, 1.54) is 17.9 Å². The molecule has 28 heavy (non-hydrogen) atoms. The summed E-state index contributed by atoms with van der Waals surface area (Å²) in [6, 6.07) is 19.7. The topological polar surface area (TPSA) is 71.3 Å². The van der Waals surface area contributed by atoms with Gasteiger partial charge in [-0.3, -0.25) is 9.59 Å². The fourth-order valence-corrected chi connectivity index (χ4v) is 3.03. The van der Waals surface area contributed by atoms with Crippen LogP contribution in [-0.2, 0) is 10.5 Å². The van der Waals surface area contributed by atoms with Crippen molar-refractivity contribution in [3.8, 4) is 0 Å². The summed E-state index contributed by atoms with van der Waals surface area (Å²) >= 11 is 1.73. The van der Waals surface area contributed by atoms with Crippen LogP contribution in [0, 0.1) is 0 Å². The van der Waals surface area contributed by atoms with Gasteiger partial charge in [0.15, 0.2) is 0 Å². The monoisotopic (exact) mass is 392 g/mol. The van der Waals surface area contributed by atoms with Crippen LogP contribution in [0.25, 0.3) is 6.08 Å². The highest BCUT2D eigenvalue weighted by atomic mass is 32.2. The number of anilines is 1. The molecule has 5 nitrogen and oxygen atoms in total. The van der Waals surface area contributed by atoms with Crippen molar-refractivity contribution < 1.29 is 14.0 Å². The van der Waals surface area contributed by atoms with Crippen molar-refractivity contribution in [1.29, 1.82) is 0 Å². The van der Waals surface area contributed by atoms with E-state index in [-0.39, 0.29) is 11.6 Å². The average Bonchev–Trinajstić information content (AvgIpc) is 3.23. The van der Waals surface area contributed by atoms with Crippen molar-refractivity contribution in [3.63, 3.8) is 0 Å². The van der Waals surface area contributed by atoms with Crippen molar-refractivity contribution in [3.05, 3.63) is 95.6 Å². The largest absolute Gasteiger partial charge is 0.465 e. The first-order chi connectivity index (χ1) is 13.7. The Morgan fingerprint density at radius 2 is 1.75 bits per heavy atom. The zero-order chi connectivity index (χ0) is 19.8. The molecule has 0 unspecified atom stereocenters. The minimum atomic E-state index is -0.432. The normalized spacial score (nSPS) is 11.1. The molecule has 0 saturated carbocycles. The summed E-state index contributed by atoms with van der Waals surface area (Å²) in [6.07, 6.45) is 5.04. The molecule has 3 aromatic rings. The summed E-state index contributed by atoms with van der Waals surface area (Å²) in [7, 11) is 0. The molecule has 0 bridgehead atoms. The molecule has 6 heteroatoms. The fourth-order valence-electron chi connectivity index (χ4n) is 2.51. The van der Waals surface area contributed by atoms with E-state index in [0.717, 1.165) is 5.75 Å². The average molecular weight is 392 g/mol. The van der Waals surface area contributed by atoms with Crippen molar-refractivity contribution in [1.82, 2.24) is 5.32 Å². The number of benzene rings is 2. The van der Waals surface area contributed by atoms with Crippen LogP contribution < -0.4 is 10.6 Å². The molecule has 0 spiro atoms. The van der Waals surface area contributed by atoms with Gasteiger partial charge in [0.1, 0.15) is 11.5 Å². The third-order valence-corrected chi connectivity index (χ3v) is 4.50. The molecule has 0 fully saturated rings. The van der Waals surface area contributed by atoms with Crippen LogP contribution in [0.3, 0.4) is 0 Å². The third-order valence-electron chi connectivity index (χ3n) is 3.88. The Labute approximate surface area is 167 Å². The van der Waals surface area contributed by atoms with Crippen molar-refractivity contribution in [2.45, 2.75) is 5.75 Å². The number of nitrogens with one attached hydrogen (secondary N) is 2. The quantitative estimate of drug-likeness (QED) is 0.579. The lowest BCUT2D eigenvalue weighted by Gasteiger charge is -2.11. The molecule has 0 saturated heterocycles. The number of carbonyl (C=O) groups is 2. The molecule has 142 valence electrons. The predicted molar refractivity (Wildman–Crippen MR) is 113 cm³/mol. The van der Waals surface area contributed by atoms with Gasteiger partial charge in [0.2, 0.25) is 0 Å². The SMILES string of the molecule is CSCc1ccc(NC(=O)/C(=C/c2ccco2)NC(=O)c2ccccc2)cc1. The Hall–Kier alpha value is -3.25. The molecule has 2 amide bonds. The lowest BCUT2D eigenvalue weighted by molar-refractivity contribution is -0.113. The molecule has 0 aliphatic heterocycles. The van der Waals surface area contributed by atoms with Gasteiger partial charge in [0.05, 0.1) is 6.26 Å². The molecular formula is C22H20N2O3S. The van der Waals surface area contributed by atoms with Crippen LogP contribution in [-0.4, -0.2) is 18.1 Å². The molecule has 1 heterocycles. The first kappa shape index (κ1) is 19.5. The van der Waals surface area contributed by atoms with Crippen LogP contribution in [0.15, 0.2) is 83.1 Å². The fraction of sp³-hybridized carbons (Fsp3) is 0.0909. The highest BCUT2D eigenvalue weighted by molar-refractivity contribution is 7.97. The van der Waals surface area contributed by atoms with Gasteiger partial charge >= 0.3 is 0 Å². The summed E-state index contributed by atoms with van der Waals surface area (Å²) in [5, 5.41) is 5.48. The van der Waals surface area contributed by atoms with Crippen LogP contribution in [0.4, 0.5) is 5.69 Å². The zero-order valence-corrected chi connectivity index (χ0v) is 16.2. The summed E-state index contributed by atoms with van der Waals surface area (Å²) < 4.78 is 5.28. The lowest BCUT2D eigenvalue weighted by Crippen LogP contribution is -2.30. The van der Waals surface area contributed by atoms with Gasteiger partial charge in [-0.2, -0.15) is 11.8 Å². The summed E-state index contributed by atoms with van der Waals surface area (Å²) in [5.41, 5.74) is 2.38. The van der Waals surface area contributed by atoms with Gasteiger partial charge < -0.3 is 15.1 Å². The molecule has 0 aliphatic carbocycles. The Morgan fingerprint density at radius 3 is 2.39 bits per heavy atom.